The van der Waals surface area contributed by atoms with Gasteiger partial charge in [0.1, 0.15) is 0 Å². The van der Waals surface area contributed by atoms with Gasteiger partial charge in [0.15, 0.2) is 5.82 Å². The molecule has 0 fully saturated rings. The largest absolute Gasteiger partial charge is 0.347 e. The van der Waals surface area contributed by atoms with Gasteiger partial charge in [0.05, 0.1) is 5.69 Å². The van der Waals surface area contributed by atoms with Crippen molar-refractivity contribution < 1.29 is 0 Å². The Morgan fingerprint density at radius 2 is 2.05 bits per heavy atom. The van der Waals surface area contributed by atoms with E-state index in [1.165, 1.54) is 0 Å². The number of nitrogens with zero attached hydrogens (tertiary/aromatic N) is 3. The Bertz CT molecular complexity index is 378. The first-order chi connectivity index (χ1) is 8.99. The van der Waals surface area contributed by atoms with E-state index in [9.17, 15) is 0 Å². The number of hydrogen-bond acceptors (Lipinski definition) is 4. The maximum absolute atomic E-state index is 4.33. The molecule has 1 rings (SSSR count). The molecule has 1 aromatic rings. The fourth-order valence-electron chi connectivity index (χ4n) is 1.82. The van der Waals surface area contributed by atoms with E-state index in [0.29, 0.717) is 0 Å². The molecule has 0 aliphatic heterocycles. The van der Waals surface area contributed by atoms with Crippen LogP contribution in [0.1, 0.15) is 39.8 Å². The number of rotatable bonds is 7. The molecular weight excluding hydrogens is 236 g/mol. The zero-order valence-electron chi connectivity index (χ0n) is 12.6. The molecule has 106 valence electrons. The maximum Gasteiger partial charge on any atom is 0.151 e. The predicted octanol–water partition coefficient (Wildman–Crippen LogP) is 2.77. The van der Waals surface area contributed by atoms with Gasteiger partial charge >= 0.3 is 0 Å². The highest BCUT2D eigenvalue weighted by Crippen LogP contribution is 2.20. The lowest BCUT2D eigenvalue weighted by Gasteiger charge is -2.35. The Morgan fingerprint density at radius 3 is 2.53 bits per heavy atom. The molecule has 4 nitrogen and oxygen atoms in total. The summed E-state index contributed by atoms with van der Waals surface area (Å²) in [6.07, 6.45) is 3.02. The molecule has 1 aromatic heterocycles. The van der Waals surface area contributed by atoms with E-state index in [2.05, 4.69) is 54.7 Å². The van der Waals surface area contributed by atoms with Crippen molar-refractivity contribution in [3.05, 3.63) is 30.5 Å². The molecule has 0 bridgehead atoms. The third-order valence-corrected chi connectivity index (χ3v) is 2.84. The number of hydrogen-bond donors (Lipinski definition) is 1. The van der Waals surface area contributed by atoms with Crippen LogP contribution in [0.4, 0.5) is 5.82 Å². The van der Waals surface area contributed by atoms with Gasteiger partial charge in [-0.15, -0.1) is 11.7 Å². The summed E-state index contributed by atoms with van der Waals surface area (Å²) in [5, 5.41) is 11.9. The molecule has 19 heavy (non-hydrogen) atoms. The van der Waals surface area contributed by atoms with Crippen molar-refractivity contribution >= 4 is 5.82 Å². The molecule has 0 aliphatic carbocycles. The second kappa shape index (κ2) is 7.24. The van der Waals surface area contributed by atoms with E-state index < -0.39 is 0 Å². The van der Waals surface area contributed by atoms with Gasteiger partial charge in [0.25, 0.3) is 0 Å². The van der Waals surface area contributed by atoms with Crippen LogP contribution in [0.25, 0.3) is 0 Å². The van der Waals surface area contributed by atoms with Gasteiger partial charge in [-0.1, -0.05) is 13.0 Å². The molecule has 0 aromatic carbocycles. The average molecular weight is 262 g/mol. The first kappa shape index (κ1) is 15.6. The van der Waals surface area contributed by atoms with E-state index in [1.807, 2.05) is 18.2 Å². The zero-order valence-corrected chi connectivity index (χ0v) is 12.6. The van der Waals surface area contributed by atoms with Gasteiger partial charge in [-0.3, -0.25) is 0 Å². The maximum atomic E-state index is 4.33. The molecular formula is C15H26N4. The van der Waals surface area contributed by atoms with E-state index in [1.54, 1.807) is 0 Å². The average Bonchev–Trinajstić information content (AvgIpc) is 2.36. The highest BCUT2D eigenvalue weighted by Gasteiger charge is 2.21. The Labute approximate surface area is 116 Å². The lowest BCUT2D eigenvalue weighted by molar-refractivity contribution is 0.514. The summed E-state index contributed by atoms with van der Waals surface area (Å²) in [5.74, 6) is 0.895. The standard InChI is InChI=1S/C15H26N4/c1-6-10-16-12-13-8-9-14(18-17-13)19(11-7-2)15(3,4)5/h7-9,16H,2,6,10-12H2,1,3-5H3. The van der Waals surface area contributed by atoms with Crippen molar-refractivity contribution in [2.24, 2.45) is 0 Å². The second-order valence-corrected chi connectivity index (χ2v) is 5.63. The Hall–Kier alpha value is -1.42. The Kier molecular flexibility index (Phi) is 5.96. The molecule has 1 heterocycles. The third kappa shape index (κ3) is 4.99. The first-order valence-corrected chi connectivity index (χ1v) is 6.91. The summed E-state index contributed by atoms with van der Waals surface area (Å²) in [5.41, 5.74) is 0.981. The second-order valence-electron chi connectivity index (χ2n) is 5.63. The van der Waals surface area contributed by atoms with Crippen molar-refractivity contribution in [3.63, 3.8) is 0 Å². The SMILES string of the molecule is C=CCN(c1ccc(CNCCC)nn1)C(C)(C)C. The van der Waals surface area contributed by atoms with Crippen LogP contribution in [-0.4, -0.2) is 28.8 Å². The lowest BCUT2D eigenvalue weighted by atomic mass is 10.1. The molecule has 1 N–H and O–H groups in total. The van der Waals surface area contributed by atoms with Crippen LogP contribution in [0, 0.1) is 0 Å². The lowest BCUT2D eigenvalue weighted by Crippen LogP contribution is -2.42. The van der Waals surface area contributed by atoms with E-state index in [0.717, 1.165) is 37.6 Å². The first-order valence-electron chi connectivity index (χ1n) is 6.91. The van der Waals surface area contributed by atoms with Crippen molar-refractivity contribution in [1.29, 1.82) is 0 Å². The van der Waals surface area contributed by atoms with Gasteiger partial charge in [-0.25, -0.2) is 0 Å². The number of aromatic nitrogens is 2. The van der Waals surface area contributed by atoms with E-state index in [4.69, 9.17) is 0 Å². The van der Waals surface area contributed by atoms with Crippen LogP contribution >= 0.6 is 0 Å². The predicted molar refractivity (Wildman–Crippen MR) is 81.3 cm³/mol. The molecule has 0 saturated heterocycles. The van der Waals surface area contributed by atoms with Crippen LogP contribution < -0.4 is 10.2 Å². The Balaban J connectivity index is 2.75. The van der Waals surface area contributed by atoms with E-state index >= 15 is 0 Å². The Morgan fingerprint density at radius 1 is 1.32 bits per heavy atom. The molecule has 0 aliphatic rings. The zero-order chi connectivity index (χ0) is 14.3. The monoisotopic (exact) mass is 262 g/mol. The van der Waals surface area contributed by atoms with Gasteiger partial charge in [-0.2, -0.15) is 5.10 Å². The summed E-state index contributed by atoms with van der Waals surface area (Å²) in [6.45, 7) is 15.0. The number of anilines is 1. The minimum Gasteiger partial charge on any atom is -0.347 e. The third-order valence-electron chi connectivity index (χ3n) is 2.84. The summed E-state index contributed by atoms with van der Waals surface area (Å²) in [4.78, 5) is 2.19. The molecule has 0 unspecified atom stereocenters. The summed E-state index contributed by atoms with van der Waals surface area (Å²) >= 11 is 0. The molecule has 0 saturated carbocycles. The molecule has 0 amide bonds. The number of nitrogens with one attached hydrogen (secondary N) is 1. The van der Waals surface area contributed by atoms with Crippen molar-refractivity contribution in [1.82, 2.24) is 15.5 Å². The van der Waals surface area contributed by atoms with Gasteiger partial charge < -0.3 is 10.2 Å². The van der Waals surface area contributed by atoms with Crippen molar-refractivity contribution in [2.75, 3.05) is 18.0 Å². The fourth-order valence-corrected chi connectivity index (χ4v) is 1.82. The molecule has 0 spiro atoms. The van der Waals surface area contributed by atoms with E-state index in [-0.39, 0.29) is 5.54 Å². The van der Waals surface area contributed by atoms with Gasteiger partial charge in [0, 0.05) is 18.6 Å². The molecule has 0 atom stereocenters. The minimum absolute atomic E-state index is 0.00481. The smallest absolute Gasteiger partial charge is 0.151 e. The van der Waals surface area contributed by atoms with Crippen LogP contribution in [0.5, 0.6) is 0 Å². The van der Waals surface area contributed by atoms with Crippen molar-refractivity contribution in [3.8, 4) is 0 Å². The quantitative estimate of drug-likeness (QED) is 0.606. The highest BCUT2D eigenvalue weighted by atomic mass is 15.3. The summed E-state index contributed by atoms with van der Waals surface area (Å²) in [7, 11) is 0. The van der Waals surface area contributed by atoms with Gasteiger partial charge in [0.2, 0.25) is 0 Å². The fraction of sp³-hybridized carbons (Fsp3) is 0.600. The van der Waals surface area contributed by atoms with Crippen molar-refractivity contribution in [2.45, 2.75) is 46.2 Å². The topological polar surface area (TPSA) is 41.0 Å². The summed E-state index contributed by atoms with van der Waals surface area (Å²) < 4.78 is 0. The minimum atomic E-state index is 0.00481. The molecule has 4 heteroatoms. The van der Waals surface area contributed by atoms with Crippen LogP contribution in [-0.2, 0) is 6.54 Å². The normalized spacial score (nSPS) is 11.4. The highest BCUT2D eigenvalue weighted by molar-refractivity contribution is 5.41. The molecule has 0 radical (unpaired) electrons. The summed E-state index contributed by atoms with van der Waals surface area (Å²) in [6, 6.07) is 4.07. The van der Waals surface area contributed by atoms with Crippen LogP contribution in [0.3, 0.4) is 0 Å². The van der Waals surface area contributed by atoms with Crippen LogP contribution in [0.2, 0.25) is 0 Å². The van der Waals surface area contributed by atoms with Gasteiger partial charge in [-0.05, 0) is 45.9 Å². The van der Waals surface area contributed by atoms with Crippen LogP contribution in [0.15, 0.2) is 24.8 Å².